The Morgan fingerprint density at radius 1 is 1.18 bits per heavy atom. The lowest BCUT2D eigenvalue weighted by atomic mass is 9.95. The van der Waals surface area contributed by atoms with Crippen LogP contribution in [0.25, 0.3) is 23.0 Å². The first-order chi connectivity index (χ1) is 16.1. The Labute approximate surface area is 194 Å². The summed E-state index contributed by atoms with van der Waals surface area (Å²) in [5.74, 6) is 0.469. The number of hydrogen-bond acceptors (Lipinski definition) is 4. The van der Waals surface area contributed by atoms with Crippen LogP contribution in [0.1, 0.15) is 43.2 Å². The minimum Gasteiger partial charge on any atom is -0.496 e. The van der Waals surface area contributed by atoms with Gasteiger partial charge in [-0.25, -0.2) is 4.68 Å². The van der Waals surface area contributed by atoms with Gasteiger partial charge in [0.1, 0.15) is 23.1 Å². The van der Waals surface area contributed by atoms with E-state index in [1.807, 2.05) is 61.7 Å². The second kappa shape index (κ2) is 10.2. The van der Waals surface area contributed by atoms with Gasteiger partial charge in [-0.15, -0.1) is 0 Å². The van der Waals surface area contributed by atoms with Gasteiger partial charge >= 0.3 is 0 Å². The monoisotopic (exact) mass is 440 g/mol. The zero-order chi connectivity index (χ0) is 23.2. The molecular formula is C27H28N4O2. The van der Waals surface area contributed by atoms with E-state index in [0.29, 0.717) is 11.3 Å². The van der Waals surface area contributed by atoms with Crippen LogP contribution in [0.4, 0.5) is 0 Å². The average Bonchev–Trinajstić information content (AvgIpc) is 3.27. The second-order valence-corrected chi connectivity index (χ2v) is 8.38. The highest BCUT2D eigenvalue weighted by atomic mass is 16.5. The Morgan fingerprint density at radius 2 is 1.94 bits per heavy atom. The summed E-state index contributed by atoms with van der Waals surface area (Å²) in [5.41, 5.74) is 4.25. The van der Waals surface area contributed by atoms with Crippen LogP contribution in [-0.4, -0.2) is 28.8 Å². The number of aromatic nitrogens is 2. The van der Waals surface area contributed by atoms with Crippen molar-refractivity contribution in [3.63, 3.8) is 0 Å². The van der Waals surface area contributed by atoms with Gasteiger partial charge in [0.05, 0.1) is 12.8 Å². The highest BCUT2D eigenvalue weighted by Gasteiger charge is 2.20. The lowest BCUT2D eigenvalue weighted by Gasteiger charge is -2.22. The van der Waals surface area contributed by atoms with Gasteiger partial charge in [-0.3, -0.25) is 4.79 Å². The summed E-state index contributed by atoms with van der Waals surface area (Å²) in [6.07, 6.45) is 8.85. The van der Waals surface area contributed by atoms with Crippen molar-refractivity contribution in [1.29, 1.82) is 5.26 Å². The minimum absolute atomic E-state index is 0.0830. The Bertz CT molecular complexity index is 1200. The number of hydrogen-bond donors (Lipinski definition) is 1. The fourth-order valence-electron chi connectivity index (χ4n) is 4.27. The lowest BCUT2D eigenvalue weighted by molar-refractivity contribution is -0.117. The molecule has 0 saturated heterocycles. The van der Waals surface area contributed by atoms with Gasteiger partial charge in [0.15, 0.2) is 0 Å². The van der Waals surface area contributed by atoms with Crippen molar-refractivity contribution >= 4 is 12.0 Å². The maximum absolute atomic E-state index is 12.9. The number of nitriles is 1. The number of amides is 1. The summed E-state index contributed by atoms with van der Waals surface area (Å²) >= 11 is 0. The van der Waals surface area contributed by atoms with E-state index in [1.165, 1.54) is 6.42 Å². The summed E-state index contributed by atoms with van der Waals surface area (Å²) in [4.78, 5) is 12.9. The Hall–Kier alpha value is -3.85. The van der Waals surface area contributed by atoms with E-state index >= 15 is 0 Å². The Balaban J connectivity index is 1.73. The molecule has 168 valence electrons. The first-order valence-electron chi connectivity index (χ1n) is 11.3. The molecular weight excluding hydrogens is 412 g/mol. The number of carbonyl (C=O) groups excluding carboxylic acids is 1. The number of benzene rings is 2. The van der Waals surface area contributed by atoms with Gasteiger partial charge in [0.2, 0.25) is 0 Å². The van der Waals surface area contributed by atoms with E-state index in [0.717, 1.165) is 48.2 Å². The third-order valence-electron chi connectivity index (χ3n) is 6.04. The SMILES string of the molecule is COc1ccc(-c2nn(-c3ccccc3)cc2C=C(C#N)C(=O)NC2CCCCC2)cc1C. The molecule has 0 atom stereocenters. The Morgan fingerprint density at radius 3 is 2.61 bits per heavy atom. The van der Waals surface area contributed by atoms with E-state index < -0.39 is 0 Å². The van der Waals surface area contributed by atoms with Gasteiger partial charge in [0.25, 0.3) is 5.91 Å². The molecule has 6 nitrogen and oxygen atoms in total. The average molecular weight is 441 g/mol. The summed E-state index contributed by atoms with van der Waals surface area (Å²) in [6, 6.07) is 17.8. The first-order valence-corrected chi connectivity index (χ1v) is 11.3. The Kier molecular flexibility index (Phi) is 6.89. The number of nitrogens with zero attached hydrogens (tertiary/aromatic N) is 3. The first kappa shape index (κ1) is 22.3. The van der Waals surface area contributed by atoms with Crippen molar-refractivity contribution < 1.29 is 9.53 Å². The molecule has 0 spiro atoms. The largest absolute Gasteiger partial charge is 0.496 e. The molecule has 33 heavy (non-hydrogen) atoms. The predicted octanol–water partition coefficient (Wildman–Crippen LogP) is 5.21. The van der Waals surface area contributed by atoms with Crippen LogP contribution in [0.5, 0.6) is 5.75 Å². The summed E-state index contributed by atoms with van der Waals surface area (Å²) in [7, 11) is 1.64. The number of ether oxygens (including phenoxy) is 1. The molecule has 2 aromatic carbocycles. The third-order valence-corrected chi connectivity index (χ3v) is 6.04. The van der Waals surface area contributed by atoms with E-state index in [4.69, 9.17) is 9.84 Å². The van der Waals surface area contributed by atoms with Crippen LogP contribution in [-0.2, 0) is 4.79 Å². The van der Waals surface area contributed by atoms with E-state index in [1.54, 1.807) is 17.9 Å². The normalized spacial score (nSPS) is 14.5. The van der Waals surface area contributed by atoms with Crippen molar-refractivity contribution in [3.8, 4) is 28.8 Å². The fraction of sp³-hybridized carbons (Fsp3) is 0.296. The van der Waals surface area contributed by atoms with Crippen molar-refractivity contribution in [2.75, 3.05) is 7.11 Å². The summed E-state index contributed by atoms with van der Waals surface area (Å²) in [6.45, 7) is 1.98. The summed E-state index contributed by atoms with van der Waals surface area (Å²) < 4.78 is 7.17. The number of methoxy groups -OCH3 is 1. The summed E-state index contributed by atoms with van der Waals surface area (Å²) in [5, 5.41) is 17.6. The van der Waals surface area contributed by atoms with Crippen LogP contribution >= 0.6 is 0 Å². The lowest BCUT2D eigenvalue weighted by Crippen LogP contribution is -2.36. The highest BCUT2D eigenvalue weighted by Crippen LogP contribution is 2.30. The molecule has 1 aromatic heterocycles. The fourth-order valence-corrected chi connectivity index (χ4v) is 4.27. The number of nitrogens with one attached hydrogen (secondary N) is 1. The number of carbonyl (C=O) groups is 1. The topological polar surface area (TPSA) is 79.9 Å². The molecule has 1 aliphatic rings. The molecule has 1 saturated carbocycles. The third kappa shape index (κ3) is 5.15. The number of rotatable bonds is 6. The maximum atomic E-state index is 12.9. The molecule has 1 aliphatic carbocycles. The molecule has 6 heteroatoms. The van der Waals surface area contributed by atoms with Gasteiger partial charge in [-0.05, 0) is 61.7 Å². The van der Waals surface area contributed by atoms with Gasteiger partial charge in [-0.2, -0.15) is 10.4 Å². The van der Waals surface area contributed by atoms with Crippen molar-refractivity contribution in [3.05, 3.63) is 71.4 Å². The zero-order valence-corrected chi connectivity index (χ0v) is 19.0. The molecule has 0 aliphatic heterocycles. The van der Waals surface area contributed by atoms with Gasteiger partial charge < -0.3 is 10.1 Å². The molecule has 1 amide bonds. The van der Waals surface area contributed by atoms with Crippen molar-refractivity contribution in [2.45, 2.75) is 45.1 Å². The van der Waals surface area contributed by atoms with Crippen LogP contribution in [0.2, 0.25) is 0 Å². The van der Waals surface area contributed by atoms with E-state index in [-0.39, 0.29) is 17.5 Å². The van der Waals surface area contributed by atoms with Crippen LogP contribution in [0.3, 0.4) is 0 Å². The molecule has 4 rings (SSSR count). The van der Waals surface area contributed by atoms with Crippen molar-refractivity contribution in [1.82, 2.24) is 15.1 Å². The van der Waals surface area contributed by atoms with Gasteiger partial charge in [0, 0.05) is 23.4 Å². The minimum atomic E-state index is -0.325. The zero-order valence-electron chi connectivity index (χ0n) is 19.0. The van der Waals surface area contributed by atoms with Crippen LogP contribution < -0.4 is 10.1 Å². The second-order valence-electron chi connectivity index (χ2n) is 8.38. The van der Waals surface area contributed by atoms with E-state index in [9.17, 15) is 10.1 Å². The molecule has 1 heterocycles. The van der Waals surface area contributed by atoms with Crippen LogP contribution in [0.15, 0.2) is 60.3 Å². The standard InChI is InChI=1S/C27H28N4O2/c1-19-15-20(13-14-25(19)33-2)26-22(18-31(30-26)24-11-7-4-8-12-24)16-21(17-28)27(32)29-23-9-5-3-6-10-23/h4,7-8,11-16,18,23H,3,5-6,9-10H2,1-2H3,(H,29,32). The molecule has 0 unspecified atom stereocenters. The molecule has 0 bridgehead atoms. The van der Waals surface area contributed by atoms with E-state index in [2.05, 4.69) is 11.4 Å². The highest BCUT2D eigenvalue weighted by molar-refractivity contribution is 6.02. The maximum Gasteiger partial charge on any atom is 0.262 e. The number of aryl methyl sites for hydroxylation is 1. The smallest absolute Gasteiger partial charge is 0.262 e. The molecule has 3 aromatic rings. The predicted molar refractivity (Wildman–Crippen MR) is 129 cm³/mol. The molecule has 0 radical (unpaired) electrons. The van der Waals surface area contributed by atoms with Crippen molar-refractivity contribution in [2.24, 2.45) is 0 Å². The van der Waals surface area contributed by atoms with Gasteiger partial charge in [-0.1, -0.05) is 37.5 Å². The molecule has 1 N–H and O–H groups in total. The molecule has 1 fully saturated rings. The number of para-hydroxylation sites is 1. The quantitative estimate of drug-likeness (QED) is 0.421. The van der Waals surface area contributed by atoms with Crippen LogP contribution in [0, 0.1) is 18.3 Å².